The number of nitrogens with one attached hydrogen (secondary N) is 3. The molecule has 3 N–H and O–H groups in total. The number of urea groups is 1. The first kappa shape index (κ1) is 22.3. The number of rotatable bonds is 6. The fourth-order valence-corrected chi connectivity index (χ4v) is 3.60. The standard InChI is InChI=1S/C22H24ClN3O5/c1-11-6-7-14(23)10-15(11)25-21(27)18-12(2)24-22(28)26-19(18)13-8-16(29-3)20(31-5)17(9-13)30-4/h6-10,19H,1-5H3,(H,25,27)(H2,24,26,28)/t19-/m1/s1. The van der Waals surface area contributed by atoms with Crippen molar-refractivity contribution in [3.05, 3.63) is 57.8 Å². The molecule has 2 aromatic carbocycles. The minimum absolute atomic E-state index is 0.341. The van der Waals surface area contributed by atoms with Crippen LogP contribution in [0.5, 0.6) is 17.2 Å². The van der Waals surface area contributed by atoms with Crippen LogP contribution in [0.1, 0.15) is 24.1 Å². The predicted octanol–water partition coefficient (Wildman–Crippen LogP) is 3.94. The molecule has 0 bridgehead atoms. The van der Waals surface area contributed by atoms with Crippen molar-refractivity contribution in [1.82, 2.24) is 10.6 Å². The summed E-state index contributed by atoms with van der Waals surface area (Å²) in [4.78, 5) is 25.5. The highest BCUT2D eigenvalue weighted by atomic mass is 35.5. The minimum Gasteiger partial charge on any atom is -0.493 e. The summed E-state index contributed by atoms with van der Waals surface area (Å²) < 4.78 is 16.2. The molecule has 0 fully saturated rings. The van der Waals surface area contributed by atoms with E-state index in [1.54, 1.807) is 31.2 Å². The average molecular weight is 446 g/mol. The molecule has 3 amide bonds. The van der Waals surface area contributed by atoms with Gasteiger partial charge in [-0.25, -0.2) is 4.79 Å². The van der Waals surface area contributed by atoms with Crippen LogP contribution in [0.2, 0.25) is 5.02 Å². The number of anilines is 1. The van der Waals surface area contributed by atoms with Gasteiger partial charge in [0.15, 0.2) is 11.5 Å². The fraction of sp³-hybridized carbons (Fsp3) is 0.273. The van der Waals surface area contributed by atoms with Crippen LogP contribution in [0.15, 0.2) is 41.6 Å². The normalized spacial score (nSPS) is 15.7. The monoisotopic (exact) mass is 445 g/mol. The highest BCUT2D eigenvalue weighted by molar-refractivity contribution is 6.31. The van der Waals surface area contributed by atoms with Crippen molar-refractivity contribution in [1.29, 1.82) is 0 Å². The van der Waals surface area contributed by atoms with E-state index in [9.17, 15) is 9.59 Å². The summed E-state index contributed by atoms with van der Waals surface area (Å²) in [6.45, 7) is 3.54. The highest BCUT2D eigenvalue weighted by Gasteiger charge is 2.33. The first-order valence-electron chi connectivity index (χ1n) is 9.44. The maximum Gasteiger partial charge on any atom is 0.319 e. The second-order valence-corrected chi connectivity index (χ2v) is 7.38. The van der Waals surface area contributed by atoms with Gasteiger partial charge in [-0.15, -0.1) is 0 Å². The zero-order valence-corrected chi connectivity index (χ0v) is 18.6. The van der Waals surface area contributed by atoms with Crippen molar-refractivity contribution in [3.8, 4) is 17.2 Å². The number of carbonyl (C=O) groups is 2. The third-order valence-electron chi connectivity index (χ3n) is 4.98. The Kier molecular flexibility index (Phi) is 6.60. The van der Waals surface area contributed by atoms with Gasteiger partial charge in [-0.05, 0) is 49.2 Å². The van der Waals surface area contributed by atoms with Crippen LogP contribution in [0.4, 0.5) is 10.5 Å². The molecule has 0 unspecified atom stereocenters. The maximum atomic E-state index is 13.3. The molecule has 8 nitrogen and oxygen atoms in total. The molecule has 0 radical (unpaired) electrons. The molecule has 0 saturated carbocycles. The molecule has 0 saturated heterocycles. The molecular formula is C22H24ClN3O5. The largest absolute Gasteiger partial charge is 0.493 e. The molecule has 1 aliphatic heterocycles. The maximum absolute atomic E-state index is 13.3. The Hall–Kier alpha value is -3.39. The van der Waals surface area contributed by atoms with E-state index in [1.165, 1.54) is 21.3 Å². The Morgan fingerprint density at radius 1 is 1.03 bits per heavy atom. The Morgan fingerprint density at radius 2 is 1.68 bits per heavy atom. The molecule has 0 spiro atoms. The zero-order chi connectivity index (χ0) is 22.7. The number of methoxy groups -OCH3 is 3. The van der Waals surface area contributed by atoms with Gasteiger partial charge in [-0.3, -0.25) is 4.79 Å². The quantitative estimate of drug-likeness (QED) is 0.625. The van der Waals surface area contributed by atoms with E-state index in [1.807, 2.05) is 13.0 Å². The van der Waals surface area contributed by atoms with E-state index < -0.39 is 12.1 Å². The lowest BCUT2D eigenvalue weighted by Gasteiger charge is -2.29. The molecule has 0 aliphatic carbocycles. The smallest absolute Gasteiger partial charge is 0.319 e. The van der Waals surface area contributed by atoms with Crippen molar-refractivity contribution in [2.45, 2.75) is 19.9 Å². The number of hydrogen-bond donors (Lipinski definition) is 3. The first-order chi connectivity index (χ1) is 14.8. The predicted molar refractivity (Wildman–Crippen MR) is 118 cm³/mol. The van der Waals surface area contributed by atoms with Crippen LogP contribution in [0, 0.1) is 6.92 Å². The van der Waals surface area contributed by atoms with Gasteiger partial charge >= 0.3 is 6.03 Å². The van der Waals surface area contributed by atoms with Crippen LogP contribution in [0.3, 0.4) is 0 Å². The molecule has 164 valence electrons. The summed E-state index contributed by atoms with van der Waals surface area (Å²) in [5, 5.41) is 8.84. The van der Waals surface area contributed by atoms with Gasteiger partial charge in [0.1, 0.15) is 0 Å². The van der Waals surface area contributed by atoms with Gasteiger partial charge in [0, 0.05) is 16.4 Å². The van der Waals surface area contributed by atoms with Gasteiger partial charge < -0.3 is 30.2 Å². The average Bonchev–Trinajstić information content (AvgIpc) is 2.74. The van der Waals surface area contributed by atoms with Gasteiger partial charge in [0.2, 0.25) is 5.75 Å². The highest BCUT2D eigenvalue weighted by Crippen LogP contribution is 2.41. The first-order valence-corrected chi connectivity index (χ1v) is 9.82. The minimum atomic E-state index is -0.748. The van der Waals surface area contributed by atoms with Crippen LogP contribution in [-0.4, -0.2) is 33.3 Å². The van der Waals surface area contributed by atoms with Crippen molar-refractivity contribution in [3.63, 3.8) is 0 Å². The number of halogens is 1. The van der Waals surface area contributed by atoms with Gasteiger partial charge in [-0.2, -0.15) is 0 Å². The second kappa shape index (κ2) is 9.18. The third-order valence-corrected chi connectivity index (χ3v) is 5.22. The summed E-state index contributed by atoms with van der Waals surface area (Å²) in [7, 11) is 4.50. The Labute approximate surface area is 185 Å². The van der Waals surface area contributed by atoms with Crippen molar-refractivity contribution in [2.24, 2.45) is 0 Å². The molecule has 9 heteroatoms. The molecule has 2 aromatic rings. The van der Waals surface area contributed by atoms with E-state index in [0.29, 0.717) is 44.8 Å². The number of carbonyl (C=O) groups excluding carboxylic acids is 2. The van der Waals surface area contributed by atoms with Crippen LogP contribution >= 0.6 is 11.6 Å². The Balaban J connectivity index is 2.06. The summed E-state index contributed by atoms with van der Waals surface area (Å²) >= 11 is 6.08. The number of hydrogen-bond acceptors (Lipinski definition) is 5. The summed E-state index contributed by atoms with van der Waals surface area (Å²) in [6, 6.07) is 7.46. The topological polar surface area (TPSA) is 97.9 Å². The van der Waals surface area contributed by atoms with Crippen molar-refractivity contribution < 1.29 is 23.8 Å². The van der Waals surface area contributed by atoms with Crippen LogP contribution in [0.25, 0.3) is 0 Å². The number of amides is 3. The molecule has 1 atom stereocenters. The van der Waals surface area contributed by atoms with E-state index >= 15 is 0 Å². The molecule has 1 heterocycles. The Morgan fingerprint density at radius 3 is 2.26 bits per heavy atom. The number of benzene rings is 2. The molecule has 0 aromatic heterocycles. The SMILES string of the molecule is COc1cc([C@H]2NC(=O)NC(C)=C2C(=O)Nc2cc(Cl)ccc2C)cc(OC)c1OC. The van der Waals surface area contributed by atoms with E-state index in [2.05, 4.69) is 16.0 Å². The lowest BCUT2D eigenvalue weighted by molar-refractivity contribution is -0.113. The fourth-order valence-electron chi connectivity index (χ4n) is 3.43. The third kappa shape index (κ3) is 4.54. The number of allylic oxidation sites excluding steroid dienone is 1. The van der Waals surface area contributed by atoms with Crippen LogP contribution in [-0.2, 0) is 4.79 Å². The van der Waals surface area contributed by atoms with Crippen molar-refractivity contribution >= 4 is 29.2 Å². The number of aryl methyl sites for hydroxylation is 1. The van der Waals surface area contributed by atoms with Crippen molar-refractivity contribution in [2.75, 3.05) is 26.6 Å². The summed E-state index contributed by atoms with van der Waals surface area (Å²) in [5.41, 5.74) is 2.80. The second-order valence-electron chi connectivity index (χ2n) is 6.94. The van der Waals surface area contributed by atoms with Gasteiger partial charge in [0.05, 0.1) is 32.9 Å². The lowest BCUT2D eigenvalue weighted by Crippen LogP contribution is -2.46. The summed E-state index contributed by atoms with van der Waals surface area (Å²) in [5.74, 6) is 0.852. The van der Waals surface area contributed by atoms with E-state index in [-0.39, 0.29) is 5.91 Å². The van der Waals surface area contributed by atoms with Gasteiger partial charge in [-0.1, -0.05) is 17.7 Å². The van der Waals surface area contributed by atoms with E-state index in [0.717, 1.165) is 5.56 Å². The number of ether oxygens (including phenoxy) is 3. The Bertz CT molecular complexity index is 1040. The molecule has 3 rings (SSSR count). The van der Waals surface area contributed by atoms with E-state index in [4.69, 9.17) is 25.8 Å². The summed E-state index contributed by atoms with van der Waals surface area (Å²) in [6.07, 6.45) is 0. The lowest BCUT2D eigenvalue weighted by atomic mass is 9.94. The van der Waals surface area contributed by atoms with Crippen LogP contribution < -0.4 is 30.2 Å². The molecular weight excluding hydrogens is 422 g/mol. The molecule has 31 heavy (non-hydrogen) atoms. The zero-order valence-electron chi connectivity index (χ0n) is 17.9. The molecule has 1 aliphatic rings. The van der Waals surface area contributed by atoms with Gasteiger partial charge in [0.25, 0.3) is 5.91 Å².